The van der Waals surface area contributed by atoms with Gasteiger partial charge in [0.25, 0.3) is 11.5 Å². The Bertz CT molecular complexity index is 1520. The van der Waals surface area contributed by atoms with Crippen LogP contribution in [0.4, 0.5) is 0 Å². The molecule has 2 N–H and O–H groups in total. The maximum Gasteiger partial charge on any atom is 0.264 e. The summed E-state index contributed by atoms with van der Waals surface area (Å²) < 4.78 is 28.3. The topological polar surface area (TPSA) is 132 Å². The number of hydrogen-bond donors (Lipinski definition) is 2. The van der Waals surface area contributed by atoms with Crippen molar-refractivity contribution in [3.8, 4) is 11.3 Å². The van der Waals surface area contributed by atoms with Gasteiger partial charge in [0, 0.05) is 48.8 Å². The Labute approximate surface area is 202 Å². The summed E-state index contributed by atoms with van der Waals surface area (Å²) in [4.78, 5) is 26.0. The van der Waals surface area contributed by atoms with Crippen LogP contribution in [0.15, 0.2) is 68.9 Å². The smallest absolute Gasteiger partial charge is 0.264 e. The molecule has 0 spiro atoms. The number of hydrogen-bond acceptors (Lipinski definition) is 6. The number of sulfonamides is 1. The lowest BCUT2D eigenvalue weighted by atomic mass is 10.1. The maximum absolute atomic E-state index is 13.1. The number of rotatable bonds is 4. The summed E-state index contributed by atoms with van der Waals surface area (Å²) in [5, 5.41) is 14.0. The number of aromatic amines is 2. The number of amides is 1. The van der Waals surface area contributed by atoms with Crippen LogP contribution in [0.1, 0.15) is 10.4 Å². The first-order valence-electron chi connectivity index (χ1n) is 10.4. The zero-order valence-electron chi connectivity index (χ0n) is 17.7. The second kappa shape index (κ2) is 8.78. The van der Waals surface area contributed by atoms with Gasteiger partial charge in [0.15, 0.2) is 0 Å². The van der Waals surface area contributed by atoms with E-state index in [4.69, 9.17) is 0 Å². The highest BCUT2D eigenvalue weighted by Crippen LogP contribution is 2.26. The lowest BCUT2D eigenvalue weighted by Crippen LogP contribution is -2.50. The quantitative estimate of drug-likeness (QED) is 0.406. The first kappa shape index (κ1) is 22.4. The summed E-state index contributed by atoms with van der Waals surface area (Å²) in [6.45, 7) is 0.995. The van der Waals surface area contributed by atoms with Gasteiger partial charge in [-0.05, 0) is 52.3 Å². The van der Waals surface area contributed by atoms with Crippen LogP contribution in [0, 0.1) is 0 Å². The molecule has 2 aromatic carbocycles. The Hall–Kier alpha value is -3.35. The summed E-state index contributed by atoms with van der Waals surface area (Å²) >= 11 is 3.32. The van der Waals surface area contributed by atoms with E-state index in [1.807, 2.05) is 0 Å². The highest BCUT2D eigenvalue weighted by atomic mass is 79.9. The van der Waals surface area contributed by atoms with Crippen LogP contribution in [0.25, 0.3) is 22.2 Å². The van der Waals surface area contributed by atoms with E-state index in [-0.39, 0.29) is 29.5 Å². The Kier molecular flexibility index (Phi) is 5.80. The van der Waals surface area contributed by atoms with E-state index in [0.717, 1.165) is 10.9 Å². The normalized spacial score (nSPS) is 15.0. The molecular weight excluding hydrogens is 524 g/mol. The van der Waals surface area contributed by atoms with Gasteiger partial charge in [0.05, 0.1) is 16.1 Å². The van der Waals surface area contributed by atoms with E-state index in [1.54, 1.807) is 53.4 Å². The third kappa shape index (κ3) is 4.15. The van der Waals surface area contributed by atoms with E-state index in [0.29, 0.717) is 34.5 Å². The van der Waals surface area contributed by atoms with E-state index >= 15 is 0 Å². The molecule has 1 amide bonds. The van der Waals surface area contributed by atoms with Crippen molar-refractivity contribution in [3.63, 3.8) is 0 Å². The molecule has 4 aromatic rings. The Morgan fingerprint density at radius 1 is 0.912 bits per heavy atom. The fourth-order valence-corrected chi connectivity index (χ4v) is 5.76. The predicted molar refractivity (Wildman–Crippen MR) is 129 cm³/mol. The lowest BCUT2D eigenvalue weighted by molar-refractivity contribution is 0.0698. The fraction of sp³-hybridized carbons (Fsp3) is 0.182. The van der Waals surface area contributed by atoms with Crippen molar-refractivity contribution >= 4 is 42.8 Å². The summed E-state index contributed by atoms with van der Waals surface area (Å²) in [5.74, 6) is -0.165. The molecule has 2 aromatic heterocycles. The molecule has 0 bridgehead atoms. The fourth-order valence-electron chi connectivity index (χ4n) is 3.88. The molecule has 1 saturated heterocycles. The lowest BCUT2D eigenvalue weighted by Gasteiger charge is -2.34. The number of piperazine rings is 1. The molecule has 0 unspecified atom stereocenters. The van der Waals surface area contributed by atoms with Crippen LogP contribution in [-0.4, -0.2) is 70.1 Å². The van der Waals surface area contributed by atoms with Gasteiger partial charge in [-0.3, -0.25) is 14.7 Å². The first-order chi connectivity index (χ1) is 16.3. The van der Waals surface area contributed by atoms with E-state index in [2.05, 4.69) is 36.3 Å². The number of benzene rings is 2. The predicted octanol–water partition coefficient (Wildman–Crippen LogP) is 2.22. The molecule has 0 aliphatic carbocycles. The van der Waals surface area contributed by atoms with Crippen LogP contribution in [0.5, 0.6) is 0 Å². The molecule has 1 fully saturated rings. The third-order valence-electron chi connectivity index (χ3n) is 5.76. The molecule has 174 valence electrons. The van der Waals surface area contributed by atoms with Gasteiger partial charge < -0.3 is 4.90 Å². The van der Waals surface area contributed by atoms with Crippen LogP contribution >= 0.6 is 15.9 Å². The Morgan fingerprint density at radius 3 is 2.32 bits per heavy atom. The van der Waals surface area contributed by atoms with Gasteiger partial charge in [-0.15, -0.1) is 0 Å². The van der Waals surface area contributed by atoms with Gasteiger partial charge >= 0.3 is 0 Å². The highest BCUT2D eigenvalue weighted by Gasteiger charge is 2.30. The molecule has 12 heteroatoms. The van der Waals surface area contributed by atoms with Gasteiger partial charge in [-0.2, -0.15) is 14.5 Å². The van der Waals surface area contributed by atoms with Crippen molar-refractivity contribution in [2.75, 3.05) is 26.2 Å². The van der Waals surface area contributed by atoms with Crippen molar-refractivity contribution in [2.45, 2.75) is 4.90 Å². The first-order valence-corrected chi connectivity index (χ1v) is 12.7. The van der Waals surface area contributed by atoms with E-state index in [9.17, 15) is 18.0 Å². The largest absolute Gasteiger partial charge is 0.336 e. The second-order valence-electron chi connectivity index (χ2n) is 7.80. The van der Waals surface area contributed by atoms with Crippen LogP contribution in [-0.2, 0) is 10.0 Å². The monoisotopic (exact) mass is 542 g/mol. The van der Waals surface area contributed by atoms with Gasteiger partial charge in [0.2, 0.25) is 10.0 Å². The summed E-state index contributed by atoms with van der Waals surface area (Å²) in [7, 11) is -3.70. The van der Waals surface area contributed by atoms with Crippen LogP contribution < -0.4 is 5.56 Å². The van der Waals surface area contributed by atoms with Gasteiger partial charge in [-0.25, -0.2) is 13.5 Å². The molecule has 34 heavy (non-hydrogen) atoms. The minimum atomic E-state index is -3.70. The van der Waals surface area contributed by atoms with Crippen LogP contribution in [0.3, 0.4) is 0 Å². The summed E-state index contributed by atoms with van der Waals surface area (Å²) in [5.41, 5.74) is 2.21. The second-order valence-corrected chi connectivity index (χ2v) is 10.5. The molecule has 0 atom stereocenters. The van der Waals surface area contributed by atoms with Crippen molar-refractivity contribution in [1.82, 2.24) is 29.6 Å². The van der Waals surface area contributed by atoms with Crippen molar-refractivity contribution in [2.24, 2.45) is 0 Å². The summed E-state index contributed by atoms with van der Waals surface area (Å²) in [6.07, 6.45) is 0. The number of carbonyl (C=O) groups excluding carboxylic acids is 1. The average molecular weight is 543 g/mol. The Balaban J connectivity index is 1.26. The number of carbonyl (C=O) groups is 1. The van der Waals surface area contributed by atoms with Crippen molar-refractivity contribution < 1.29 is 13.2 Å². The van der Waals surface area contributed by atoms with Crippen molar-refractivity contribution in [1.29, 1.82) is 0 Å². The molecule has 1 aliphatic rings. The molecule has 1 aliphatic heterocycles. The van der Waals surface area contributed by atoms with Gasteiger partial charge in [-0.1, -0.05) is 12.1 Å². The summed E-state index contributed by atoms with van der Waals surface area (Å²) in [6, 6.07) is 14.8. The maximum atomic E-state index is 13.1. The third-order valence-corrected chi connectivity index (χ3v) is 8.26. The van der Waals surface area contributed by atoms with E-state index in [1.165, 1.54) is 10.4 Å². The SMILES string of the molecule is O=C(c1ccc(-c2ccc(=O)[nH]n2)cc1)N1CCN(S(=O)(=O)c2ccc3c(Br)n[nH]c3c2)CC1. The standard InChI is InChI=1S/C22H19BrN6O4S/c23-21-17-6-5-16(13-19(17)25-27-21)34(32,33)29-11-9-28(10-12-29)22(31)15-3-1-14(2-4-15)18-7-8-20(30)26-24-18/h1-8,13H,9-12H2,(H,25,27)(H,26,30). The minimum absolute atomic E-state index is 0.165. The molecule has 0 radical (unpaired) electrons. The number of aromatic nitrogens is 4. The Morgan fingerprint density at radius 2 is 1.65 bits per heavy atom. The molecule has 5 rings (SSSR count). The van der Waals surface area contributed by atoms with Crippen molar-refractivity contribution in [3.05, 3.63) is 75.1 Å². The highest BCUT2D eigenvalue weighted by molar-refractivity contribution is 9.10. The molecular formula is C22H19BrN6O4S. The average Bonchev–Trinajstić information content (AvgIpc) is 3.24. The number of nitrogens with zero attached hydrogens (tertiary/aromatic N) is 4. The van der Waals surface area contributed by atoms with E-state index < -0.39 is 10.0 Å². The number of halogens is 1. The molecule has 10 nitrogen and oxygen atoms in total. The number of H-pyrrole nitrogens is 2. The number of nitrogens with one attached hydrogen (secondary N) is 2. The van der Waals surface area contributed by atoms with Crippen LogP contribution in [0.2, 0.25) is 0 Å². The zero-order valence-corrected chi connectivity index (χ0v) is 20.1. The molecule has 3 heterocycles. The molecule has 0 saturated carbocycles. The zero-order chi connectivity index (χ0) is 23.9. The minimum Gasteiger partial charge on any atom is -0.336 e. The number of fused-ring (bicyclic) bond motifs is 1. The van der Waals surface area contributed by atoms with Gasteiger partial charge in [0.1, 0.15) is 4.60 Å².